The van der Waals surface area contributed by atoms with E-state index in [0.29, 0.717) is 11.4 Å². The number of para-hydroxylation sites is 1. The molecule has 1 heterocycles. The van der Waals surface area contributed by atoms with Crippen molar-refractivity contribution in [3.63, 3.8) is 0 Å². The summed E-state index contributed by atoms with van der Waals surface area (Å²) in [6, 6.07) is 5.64. The zero-order valence-electron chi connectivity index (χ0n) is 11.4. The Morgan fingerprint density at radius 2 is 2.11 bits per heavy atom. The molecule has 3 nitrogen and oxygen atoms in total. The number of nitrogens with zero attached hydrogens (tertiary/aromatic N) is 1. The Kier molecular flexibility index (Phi) is 5.23. The van der Waals surface area contributed by atoms with Gasteiger partial charge in [0.2, 0.25) is 5.91 Å². The molecule has 19 heavy (non-hydrogen) atoms. The smallest absolute Gasteiger partial charge is 0.224 e. The Morgan fingerprint density at radius 3 is 2.79 bits per heavy atom. The summed E-state index contributed by atoms with van der Waals surface area (Å²) in [6.45, 7) is 5.34. The molecule has 0 spiro atoms. The van der Waals surface area contributed by atoms with Gasteiger partial charge in [-0.05, 0) is 57.5 Å². The van der Waals surface area contributed by atoms with Gasteiger partial charge in [0, 0.05) is 6.42 Å². The summed E-state index contributed by atoms with van der Waals surface area (Å²) >= 11 is 6.09. The van der Waals surface area contributed by atoms with Gasteiger partial charge in [-0.3, -0.25) is 4.79 Å². The standard InChI is InChI=1S/C15H21ClN2O/c1-12-6-4-7-13(16)15(12)17-14(19)8-5-11-18-9-2-3-10-18/h4,6-7H,2-3,5,8-11H2,1H3,(H,17,19). The molecular weight excluding hydrogens is 260 g/mol. The third-order valence-electron chi connectivity index (χ3n) is 3.56. The molecule has 1 saturated heterocycles. The highest BCUT2D eigenvalue weighted by atomic mass is 35.5. The molecule has 4 heteroatoms. The van der Waals surface area contributed by atoms with Gasteiger partial charge < -0.3 is 10.2 Å². The summed E-state index contributed by atoms with van der Waals surface area (Å²) in [5.41, 5.74) is 1.75. The number of carbonyl (C=O) groups is 1. The molecule has 0 aliphatic carbocycles. The number of hydrogen-bond acceptors (Lipinski definition) is 2. The molecule has 0 bridgehead atoms. The third-order valence-corrected chi connectivity index (χ3v) is 3.88. The van der Waals surface area contributed by atoms with Gasteiger partial charge in [-0.25, -0.2) is 0 Å². The fraction of sp³-hybridized carbons (Fsp3) is 0.533. The highest BCUT2D eigenvalue weighted by Crippen LogP contribution is 2.25. The molecule has 1 fully saturated rings. The van der Waals surface area contributed by atoms with E-state index >= 15 is 0 Å². The summed E-state index contributed by atoms with van der Waals surface area (Å²) in [7, 11) is 0. The topological polar surface area (TPSA) is 32.3 Å². The molecule has 1 aromatic carbocycles. The van der Waals surface area contributed by atoms with Crippen molar-refractivity contribution in [3.05, 3.63) is 28.8 Å². The van der Waals surface area contributed by atoms with Crippen LogP contribution in [0, 0.1) is 6.92 Å². The van der Waals surface area contributed by atoms with Crippen molar-refractivity contribution in [2.45, 2.75) is 32.6 Å². The van der Waals surface area contributed by atoms with Crippen molar-refractivity contribution in [1.82, 2.24) is 4.90 Å². The Labute approximate surface area is 119 Å². The number of halogens is 1. The Balaban J connectivity index is 1.77. The number of aryl methyl sites for hydroxylation is 1. The Morgan fingerprint density at radius 1 is 1.37 bits per heavy atom. The van der Waals surface area contributed by atoms with Crippen LogP contribution in [-0.2, 0) is 4.79 Å². The van der Waals surface area contributed by atoms with E-state index in [1.54, 1.807) is 6.07 Å². The number of nitrogens with one attached hydrogen (secondary N) is 1. The van der Waals surface area contributed by atoms with E-state index in [1.165, 1.54) is 25.9 Å². The van der Waals surface area contributed by atoms with Crippen LogP contribution in [0.25, 0.3) is 0 Å². The van der Waals surface area contributed by atoms with E-state index in [-0.39, 0.29) is 5.91 Å². The minimum atomic E-state index is 0.0513. The summed E-state index contributed by atoms with van der Waals surface area (Å²) in [5, 5.41) is 3.52. The number of rotatable bonds is 5. The van der Waals surface area contributed by atoms with Gasteiger partial charge in [-0.1, -0.05) is 23.7 Å². The largest absolute Gasteiger partial charge is 0.325 e. The van der Waals surface area contributed by atoms with E-state index in [4.69, 9.17) is 11.6 Å². The van der Waals surface area contributed by atoms with Crippen molar-refractivity contribution in [3.8, 4) is 0 Å². The fourth-order valence-electron chi connectivity index (χ4n) is 2.46. The maximum absolute atomic E-state index is 11.9. The van der Waals surface area contributed by atoms with E-state index in [1.807, 2.05) is 19.1 Å². The first-order valence-corrected chi connectivity index (χ1v) is 7.32. The molecule has 2 rings (SSSR count). The van der Waals surface area contributed by atoms with Crippen LogP contribution in [0.5, 0.6) is 0 Å². The molecule has 1 aliphatic heterocycles. The van der Waals surface area contributed by atoms with Gasteiger partial charge >= 0.3 is 0 Å². The molecule has 104 valence electrons. The highest BCUT2D eigenvalue weighted by Gasteiger charge is 2.12. The molecule has 1 N–H and O–H groups in total. The van der Waals surface area contributed by atoms with E-state index in [0.717, 1.165) is 24.2 Å². The van der Waals surface area contributed by atoms with Crippen LogP contribution in [0.4, 0.5) is 5.69 Å². The van der Waals surface area contributed by atoms with Crippen LogP contribution in [0.1, 0.15) is 31.2 Å². The number of carbonyl (C=O) groups excluding carboxylic acids is 1. The van der Waals surface area contributed by atoms with Crippen LogP contribution in [0.3, 0.4) is 0 Å². The molecular formula is C15H21ClN2O. The van der Waals surface area contributed by atoms with E-state index in [2.05, 4.69) is 10.2 Å². The third kappa shape index (κ3) is 4.22. The molecule has 1 aromatic rings. The first-order chi connectivity index (χ1) is 9.16. The summed E-state index contributed by atoms with van der Waals surface area (Å²) in [4.78, 5) is 14.3. The quantitative estimate of drug-likeness (QED) is 0.896. The van der Waals surface area contributed by atoms with Gasteiger partial charge in [0.05, 0.1) is 10.7 Å². The lowest BCUT2D eigenvalue weighted by molar-refractivity contribution is -0.116. The first-order valence-electron chi connectivity index (χ1n) is 6.94. The lowest BCUT2D eigenvalue weighted by Crippen LogP contribution is -2.22. The van der Waals surface area contributed by atoms with Gasteiger partial charge in [-0.15, -0.1) is 0 Å². The summed E-state index contributed by atoms with van der Waals surface area (Å²) in [6.07, 6.45) is 4.06. The highest BCUT2D eigenvalue weighted by molar-refractivity contribution is 6.33. The predicted octanol–water partition coefficient (Wildman–Crippen LogP) is 3.46. The predicted molar refractivity (Wildman–Crippen MR) is 79.7 cm³/mol. The Hall–Kier alpha value is -1.06. The second kappa shape index (κ2) is 6.92. The van der Waals surface area contributed by atoms with Crippen molar-refractivity contribution in [2.75, 3.05) is 25.0 Å². The average Bonchev–Trinajstić information content (AvgIpc) is 2.87. The number of benzene rings is 1. The van der Waals surface area contributed by atoms with Gasteiger partial charge in [-0.2, -0.15) is 0 Å². The number of likely N-dealkylation sites (tertiary alicyclic amines) is 1. The molecule has 1 amide bonds. The van der Waals surface area contributed by atoms with E-state index in [9.17, 15) is 4.79 Å². The molecule has 0 saturated carbocycles. The maximum atomic E-state index is 11.9. The number of amides is 1. The Bertz CT molecular complexity index is 422. The zero-order valence-corrected chi connectivity index (χ0v) is 12.2. The minimum absolute atomic E-state index is 0.0513. The van der Waals surface area contributed by atoms with Gasteiger partial charge in [0.15, 0.2) is 0 Å². The second-order valence-corrected chi connectivity index (χ2v) is 5.54. The van der Waals surface area contributed by atoms with Crippen molar-refractivity contribution in [1.29, 1.82) is 0 Å². The lowest BCUT2D eigenvalue weighted by atomic mass is 10.2. The minimum Gasteiger partial charge on any atom is -0.325 e. The maximum Gasteiger partial charge on any atom is 0.224 e. The van der Waals surface area contributed by atoms with Crippen molar-refractivity contribution >= 4 is 23.2 Å². The van der Waals surface area contributed by atoms with E-state index < -0.39 is 0 Å². The monoisotopic (exact) mass is 280 g/mol. The van der Waals surface area contributed by atoms with Gasteiger partial charge in [0.25, 0.3) is 0 Å². The normalized spacial score (nSPS) is 15.7. The molecule has 0 aromatic heterocycles. The van der Waals surface area contributed by atoms with Crippen LogP contribution >= 0.6 is 11.6 Å². The zero-order chi connectivity index (χ0) is 13.7. The van der Waals surface area contributed by atoms with Gasteiger partial charge in [0.1, 0.15) is 0 Å². The van der Waals surface area contributed by atoms with Crippen LogP contribution in [0.2, 0.25) is 5.02 Å². The first kappa shape index (κ1) is 14.4. The average molecular weight is 281 g/mol. The van der Waals surface area contributed by atoms with Crippen molar-refractivity contribution < 1.29 is 4.79 Å². The molecule has 0 unspecified atom stereocenters. The lowest BCUT2D eigenvalue weighted by Gasteiger charge is -2.14. The van der Waals surface area contributed by atoms with Crippen LogP contribution in [0.15, 0.2) is 18.2 Å². The number of hydrogen-bond donors (Lipinski definition) is 1. The van der Waals surface area contributed by atoms with Crippen molar-refractivity contribution in [2.24, 2.45) is 0 Å². The van der Waals surface area contributed by atoms with Crippen LogP contribution in [-0.4, -0.2) is 30.4 Å². The number of anilines is 1. The molecule has 0 radical (unpaired) electrons. The summed E-state index contributed by atoms with van der Waals surface area (Å²) < 4.78 is 0. The SMILES string of the molecule is Cc1cccc(Cl)c1NC(=O)CCCN1CCCC1. The molecule has 1 aliphatic rings. The molecule has 0 atom stereocenters. The van der Waals surface area contributed by atoms with Crippen LogP contribution < -0.4 is 5.32 Å². The fourth-order valence-corrected chi connectivity index (χ4v) is 2.73. The summed E-state index contributed by atoms with van der Waals surface area (Å²) in [5.74, 6) is 0.0513. The second-order valence-electron chi connectivity index (χ2n) is 5.13.